The molecule has 0 fully saturated rings. The van der Waals surface area contributed by atoms with E-state index in [0.717, 1.165) is 11.1 Å². The summed E-state index contributed by atoms with van der Waals surface area (Å²) in [4.78, 5) is 11.6. The van der Waals surface area contributed by atoms with Crippen LogP contribution in [0.15, 0.2) is 18.2 Å². The van der Waals surface area contributed by atoms with Crippen LogP contribution in [0, 0.1) is 12.8 Å². The number of esters is 1. The van der Waals surface area contributed by atoms with Crippen LogP contribution in [0.2, 0.25) is 0 Å². The first-order valence-corrected chi connectivity index (χ1v) is 6.36. The lowest BCUT2D eigenvalue weighted by Gasteiger charge is -2.15. The highest BCUT2D eigenvalue weighted by atomic mass is 19.1. The van der Waals surface area contributed by atoms with Gasteiger partial charge in [0.25, 0.3) is 0 Å². The number of carbonyl (C=O) groups excluding carboxylic acids is 1. The van der Waals surface area contributed by atoms with Crippen molar-refractivity contribution in [2.45, 2.75) is 40.3 Å². The topological polar surface area (TPSA) is 26.3 Å². The SMILES string of the molecule is CCOC(=O)c1ccc(C)c(CC(C)[C@@H](C)F)c1. The predicted octanol–water partition coefficient (Wildman–Crippen LogP) is 3.71. The molecule has 0 aromatic heterocycles. The van der Waals surface area contributed by atoms with E-state index in [4.69, 9.17) is 4.74 Å². The second kappa shape index (κ2) is 6.53. The van der Waals surface area contributed by atoms with Gasteiger partial charge in [0.2, 0.25) is 0 Å². The van der Waals surface area contributed by atoms with Crippen LogP contribution in [-0.2, 0) is 11.2 Å². The fourth-order valence-corrected chi connectivity index (χ4v) is 1.74. The first-order chi connectivity index (χ1) is 8.45. The van der Waals surface area contributed by atoms with E-state index in [1.807, 2.05) is 26.0 Å². The van der Waals surface area contributed by atoms with Crippen molar-refractivity contribution >= 4 is 5.97 Å². The van der Waals surface area contributed by atoms with Gasteiger partial charge < -0.3 is 4.74 Å². The maximum absolute atomic E-state index is 13.2. The highest BCUT2D eigenvalue weighted by Gasteiger charge is 2.14. The first-order valence-electron chi connectivity index (χ1n) is 6.36. The van der Waals surface area contributed by atoms with Crippen molar-refractivity contribution in [3.05, 3.63) is 34.9 Å². The van der Waals surface area contributed by atoms with Crippen LogP contribution < -0.4 is 0 Å². The lowest BCUT2D eigenvalue weighted by Crippen LogP contribution is -2.13. The van der Waals surface area contributed by atoms with Gasteiger partial charge in [0.05, 0.1) is 12.2 Å². The van der Waals surface area contributed by atoms with Crippen LogP contribution in [-0.4, -0.2) is 18.7 Å². The van der Waals surface area contributed by atoms with Crippen molar-refractivity contribution in [3.63, 3.8) is 0 Å². The number of benzene rings is 1. The molecule has 0 aliphatic carbocycles. The van der Waals surface area contributed by atoms with Gasteiger partial charge in [-0.25, -0.2) is 9.18 Å². The average molecular weight is 252 g/mol. The molecule has 0 N–H and O–H groups in total. The molecule has 0 amide bonds. The van der Waals surface area contributed by atoms with Crippen molar-refractivity contribution in [2.75, 3.05) is 6.61 Å². The van der Waals surface area contributed by atoms with Crippen molar-refractivity contribution in [1.29, 1.82) is 0 Å². The molecule has 0 bridgehead atoms. The number of halogens is 1. The minimum atomic E-state index is -0.851. The number of carbonyl (C=O) groups is 1. The van der Waals surface area contributed by atoms with Gasteiger partial charge in [0.1, 0.15) is 6.17 Å². The van der Waals surface area contributed by atoms with Gasteiger partial charge in [-0.2, -0.15) is 0 Å². The van der Waals surface area contributed by atoms with Crippen molar-refractivity contribution in [1.82, 2.24) is 0 Å². The standard InChI is InChI=1S/C15H21FO2/c1-5-18-15(17)13-7-6-10(2)14(9-13)8-11(3)12(4)16/h6-7,9,11-12H,5,8H2,1-4H3/t11?,12-/m1/s1. The molecule has 0 heterocycles. The molecule has 0 aliphatic heterocycles. The summed E-state index contributed by atoms with van der Waals surface area (Å²) in [7, 11) is 0. The summed E-state index contributed by atoms with van der Waals surface area (Å²) in [5.74, 6) is -0.374. The summed E-state index contributed by atoms with van der Waals surface area (Å²) in [5, 5.41) is 0. The normalized spacial score (nSPS) is 14.1. The minimum absolute atomic E-state index is 0.0545. The zero-order valence-electron chi connectivity index (χ0n) is 11.5. The van der Waals surface area contributed by atoms with Gasteiger partial charge in [0, 0.05) is 0 Å². The molecule has 3 heteroatoms. The van der Waals surface area contributed by atoms with Crippen LogP contribution >= 0.6 is 0 Å². The Morgan fingerprint density at radius 3 is 2.61 bits per heavy atom. The van der Waals surface area contributed by atoms with E-state index in [2.05, 4.69) is 0 Å². The third kappa shape index (κ3) is 3.83. The maximum Gasteiger partial charge on any atom is 0.338 e. The second-order valence-corrected chi connectivity index (χ2v) is 4.72. The lowest BCUT2D eigenvalue weighted by molar-refractivity contribution is 0.0526. The molecule has 0 spiro atoms. The van der Waals surface area contributed by atoms with Crippen molar-refractivity contribution in [2.24, 2.45) is 5.92 Å². The largest absolute Gasteiger partial charge is 0.462 e. The molecule has 0 saturated carbocycles. The fraction of sp³-hybridized carbons (Fsp3) is 0.533. The van der Waals surface area contributed by atoms with Gasteiger partial charge >= 0.3 is 5.97 Å². The average Bonchev–Trinajstić information content (AvgIpc) is 2.31. The Hall–Kier alpha value is -1.38. The van der Waals surface area contributed by atoms with E-state index in [-0.39, 0.29) is 11.9 Å². The zero-order chi connectivity index (χ0) is 13.7. The Bertz CT molecular complexity index is 413. The number of rotatable bonds is 5. The third-order valence-corrected chi connectivity index (χ3v) is 3.19. The maximum atomic E-state index is 13.2. The molecule has 100 valence electrons. The molecule has 2 nitrogen and oxygen atoms in total. The summed E-state index contributed by atoms with van der Waals surface area (Å²) >= 11 is 0. The van der Waals surface area contributed by atoms with Crippen LogP contribution in [0.5, 0.6) is 0 Å². The Morgan fingerprint density at radius 1 is 1.39 bits per heavy atom. The van der Waals surface area contributed by atoms with E-state index in [1.54, 1.807) is 19.9 Å². The first kappa shape index (κ1) is 14.7. The smallest absolute Gasteiger partial charge is 0.338 e. The minimum Gasteiger partial charge on any atom is -0.462 e. The molecule has 1 aromatic rings. The van der Waals surface area contributed by atoms with Crippen molar-refractivity contribution < 1.29 is 13.9 Å². The third-order valence-electron chi connectivity index (χ3n) is 3.19. The van der Waals surface area contributed by atoms with Crippen LogP contribution in [0.3, 0.4) is 0 Å². The molecule has 1 unspecified atom stereocenters. The van der Waals surface area contributed by atoms with Crippen LogP contribution in [0.25, 0.3) is 0 Å². The number of hydrogen-bond acceptors (Lipinski definition) is 2. The van der Waals surface area contributed by atoms with E-state index in [0.29, 0.717) is 18.6 Å². The Labute approximate surface area is 108 Å². The number of hydrogen-bond donors (Lipinski definition) is 0. The van der Waals surface area contributed by atoms with Gasteiger partial charge in [-0.3, -0.25) is 0 Å². The Kier molecular flexibility index (Phi) is 5.32. The highest BCUT2D eigenvalue weighted by molar-refractivity contribution is 5.89. The molecule has 0 aliphatic rings. The lowest BCUT2D eigenvalue weighted by atomic mass is 9.93. The molecule has 1 rings (SSSR count). The van der Waals surface area contributed by atoms with Gasteiger partial charge in [-0.15, -0.1) is 0 Å². The Morgan fingerprint density at radius 2 is 2.06 bits per heavy atom. The summed E-state index contributed by atoms with van der Waals surface area (Å²) in [6.07, 6.45) is -0.216. The highest BCUT2D eigenvalue weighted by Crippen LogP contribution is 2.19. The van der Waals surface area contributed by atoms with E-state index in [1.165, 1.54) is 0 Å². The molecule has 0 saturated heterocycles. The summed E-state index contributed by atoms with van der Waals surface area (Å²) in [6, 6.07) is 5.45. The fourth-order valence-electron chi connectivity index (χ4n) is 1.74. The number of ether oxygens (including phenoxy) is 1. The summed E-state index contributed by atoms with van der Waals surface area (Å²) < 4.78 is 18.2. The summed E-state index contributed by atoms with van der Waals surface area (Å²) in [5.41, 5.74) is 2.63. The van der Waals surface area contributed by atoms with Gasteiger partial charge in [-0.05, 0) is 56.4 Å². The molecule has 18 heavy (non-hydrogen) atoms. The van der Waals surface area contributed by atoms with E-state index < -0.39 is 6.17 Å². The quantitative estimate of drug-likeness (QED) is 0.747. The van der Waals surface area contributed by atoms with E-state index in [9.17, 15) is 9.18 Å². The van der Waals surface area contributed by atoms with Crippen LogP contribution in [0.1, 0.15) is 42.3 Å². The molecular weight excluding hydrogens is 231 g/mol. The molecule has 0 radical (unpaired) electrons. The second-order valence-electron chi connectivity index (χ2n) is 4.72. The van der Waals surface area contributed by atoms with E-state index >= 15 is 0 Å². The van der Waals surface area contributed by atoms with Gasteiger partial charge in [-0.1, -0.05) is 13.0 Å². The molecular formula is C15H21FO2. The molecule has 1 aromatic carbocycles. The van der Waals surface area contributed by atoms with Gasteiger partial charge in [0.15, 0.2) is 0 Å². The van der Waals surface area contributed by atoms with Crippen LogP contribution in [0.4, 0.5) is 4.39 Å². The monoisotopic (exact) mass is 252 g/mol. The number of alkyl halides is 1. The number of aryl methyl sites for hydroxylation is 1. The summed E-state index contributed by atoms with van der Waals surface area (Å²) in [6.45, 7) is 7.55. The zero-order valence-corrected chi connectivity index (χ0v) is 11.5. The molecule has 2 atom stereocenters. The van der Waals surface area contributed by atoms with Crippen molar-refractivity contribution in [3.8, 4) is 0 Å². The Balaban J connectivity index is 2.91. The predicted molar refractivity (Wildman–Crippen MR) is 70.6 cm³/mol.